The fourth-order valence-corrected chi connectivity index (χ4v) is 2.95. The van der Waals surface area contributed by atoms with Crippen LogP contribution in [0.4, 0.5) is 5.69 Å². The average molecular weight is 284 g/mol. The summed E-state index contributed by atoms with van der Waals surface area (Å²) < 4.78 is 27.5. The number of ether oxygens (including phenoxy) is 1. The van der Waals surface area contributed by atoms with Crippen LogP contribution in [0.5, 0.6) is 0 Å². The largest absolute Gasteiger partial charge is 0.382 e. The first-order valence-electron chi connectivity index (χ1n) is 6.40. The first-order valence-corrected chi connectivity index (χ1v) is 8.11. The Morgan fingerprint density at radius 3 is 2.63 bits per heavy atom. The number of anilines is 1. The molecule has 2 atom stereocenters. The third kappa shape index (κ3) is 4.81. The monoisotopic (exact) mass is 284 g/mol. The summed E-state index contributed by atoms with van der Waals surface area (Å²) in [6, 6.07) is 7.76. The topological polar surface area (TPSA) is 81.4 Å². The molecular weight excluding hydrogens is 264 g/mol. The van der Waals surface area contributed by atoms with Gasteiger partial charge in [0.2, 0.25) is 10.0 Å². The number of benzene rings is 1. The van der Waals surface area contributed by atoms with Gasteiger partial charge in [-0.3, -0.25) is 0 Å². The third-order valence-electron chi connectivity index (χ3n) is 3.18. The van der Waals surface area contributed by atoms with E-state index in [1.54, 1.807) is 12.1 Å². The van der Waals surface area contributed by atoms with Crippen LogP contribution in [0.3, 0.4) is 0 Å². The van der Waals surface area contributed by atoms with Crippen LogP contribution in [0.1, 0.15) is 25.3 Å². The predicted molar refractivity (Wildman–Crippen MR) is 75.3 cm³/mol. The molecule has 0 radical (unpaired) electrons. The van der Waals surface area contributed by atoms with Crippen molar-refractivity contribution in [1.82, 2.24) is 0 Å². The van der Waals surface area contributed by atoms with E-state index in [2.05, 4.69) is 12.2 Å². The van der Waals surface area contributed by atoms with Gasteiger partial charge < -0.3 is 10.1 Å². The molecular formula is C13H20N2O3S. The maximum atomic E-state index is 11.0. The zero-order chi connectivity index (χ0) is 13.9. The Bertz CT molecular complexity index is 513. The third-order valence-corrected chi connectivity index (χ3v) is 3.91. The highest BCUT2D eigenvalue weighted by Crippen LogP contribution is 2.19. The molecule has 5 nitrogen and oxygen atoms in total. The van der Waals surface area contributed by atoms with Gasteiger partial charge in [-0.15, -0.1) is 0 Å². The lowest BCUT2D eigenvalue weighted by Gasteiger charge is -2.28. The summed E-state index contributed by atoms with van der Waals surface area (Å²) in [4.78, 5) is 0. The Kier molecular flexibility index (Phi) is 4.44. The number of nitrogens with two attached hydrogens (primary N) is 1. The molecule has 1 saturated heterocycles. The lowest BCUT2D eigenvalue weighted by atomic mass is 10.0. The number of nitrogens with one attached hydrogen (secondary N) is 1. The van der Waals surface area contributed by atoms with E-state index in [4.69, 9.17) is 9.88 Å². The van der Waals surface area contributed by atoms with Gasteiger partial charge >= 0.3 is 0 Å². The van der Waals surface area contributed by atoms with E-state index in [1.807, 2.05) is 12.1 Å². The summed E-state index contributed by atoms with van der Waals surface area (Å²) in [6.07, 6.45) is 2.26. The number of hydrogen-bond donors (Lipinski definition) is 2. The van der Waals surface area contributed by atoms with Crippen molar-refractivity contribution in [2.45, 2.75) is 37.7 Å². The molecule has 1 aromatic carbocycles. The van der Waals surface area contributed by atoms with Crippen molar-refractivity contribution in [2.75, 3.05) is 11.9 Å². The van der Waals surface area contributed by atoms with Crippen molar-refractivity contribution in [3.05, 3.63) is 29.8 Å². The molecule has 3 N–H and O–H groups in total. The van der Waals surface area contributed by atoms with Crippen LogP contribution in [0.15, 0.2) is 24.3 Å². The molecule has 0 aliphatic carbocycles. The Morgan fingerprint density at radius 1 is 1.37 bits per heavy atom. The average Bonchev–Trinajstić information content (AvgIpc) is 2.30. The van der Waals surface area contributed by atoms with Crippen molar-refractivity contribution in [1.29, 1.82) is 0 Å². The van der Waals surface area contributed by atoms with Gasteiger partial charge in [-0.1, -0.05) is 12.1 Å². The molecule has 106 valence electrons. The quantitative estimate of drug-likeness (QED) is 0.877. The van der Waals surface area contributed by atoms with Crippen LogP contribution in [0.25, 0.3) is 0 Å². The van der Waals surface area contributed by atoms with E-state index < -0.39 is 10.0 Å². The highest BCUT2D eigenvalue weighted by molar-refractivity contribution is 7.88. The second-order valence-corrected chi connectivity index (χ2v) is 6.67. The number of rotatable bonds is 4. The lowest BCUT2D eigenvalue weighted by molar-refractivity contribution is 0.0232. The first kappa shape index (κ1) is 14.3. The van der Waals surface area contributed by atoms with Gasteiger partial charge in [0.05, 0.1) is 11.9 Å². The van der Waals surface area contributed by atoms with Gasteiger partial charge in [-0.2, -0.15) is 0 Å². The second kappa shape index (κ2) is 5.90. The molecule has 1 aliphatic rings. The Hall–Kier alpha value is -1.11. The van der Waals surface area contributed by atoms with Crippen LogP contribution in [0.2, 0.25) is 0 Å². The normalized spacial score (nSPS) is 24.1. The highest BCUT2D eigenvalue weighted by Gasteiger charge is 2.18. The van der Waals surface area contributed by atoms with Crippen LogP contribution in [0, 0.1) is 0 Å². The van der Waals surface area contributed by atoms with Crippen molar-refractivity contribution in [3.8, 4) is 0 Å². The first-order chi connectivity index (χ1) is 8.92. The molecule has 19 heavy (non-hydrogen) atoms. The number of primary sulfonamides is 1. The molecule has 2 rings (SSSR count). The van der Waals surface area contributed by atoms with Gasteiger partial charge in [0.25, 0.3) is 0 Å². The van der Waals surface area contributed by atoms with Gasteiger partial charge in [0.1, 0.15) is 0 Å². The van der Waals surface area contributed by atoms with Crippen molar-refractivity contribution in [2.24, 2.45) is 5.14 Å². The maximum absolute atomic E-state index is 11.0. The summed E-state index contributed by atoms with van der Waals surface area (Å²) >= 11 is 0. The molecule has 6 heteroatoms. The van der Waals surface area contributed by atoms with Gasteiger partial charge in [-0.05, 0) is 37.5 Å². The fraction of sp³-hybridized carbons (Fsp3) is 0.538. The summed E-state index contributed by atoms with van der Waals surface area (Å²) in [5.74, 6) is -0.123. The fourth-order valence-electron chi connectivity index (χ4n) is 2.29. The molecule has 1 fully saturated rings. The highest BCUT2D eigenvalue weighted by atomic mass is 32.2. The zero-order valence-electron chi connectivity index (χ0n) is 11.0. The molecule has 1 aliphatic heterocycles. The van der Waals surface area contributed by atoms with E-state index in [0.29, 0.717) is 11.6 Å². The SMILES string of the molecule is CC1CC(Nc2ccc(CS(N)(=O)=O)cc2)CCO1. The molecule has 0 aromatic heterocycles. The lowest BCUT2D eigenvalue weighted by Crippen LogP contribution is -2.32. The molecule has 2 unspecified atom stereocenters. The molecule has 0 spiro atoms. The van der Waals surface area contributed by atoms with E-state index in [-0.39, 0.29) is 11.9 Å². The maximum Gasteiger partial charge on any atom is 0.213 e. The molecule has 0 bridgehead atoms. The van der Waals surface area contributed by atoms with Crippen molar-refractivity contribution in [3.63, 3.8) is 0 Å². The minimum absolute atomic E-state index is 0.123. The summed E-state index contributed by atoms with van der Waals surface area (Å²) in [7, 11) is -3.46. The molecule has 0 amide bonds. The zero-order valence-corrected chi connectivity index (χ0v) is 11.8. The van der Waals surface area contributed by atoms with Crippen molar-refractivity contribution >= 4 is 15.7 Å². The van der Waals surface area contributed by atoms with Gasteiger partial charge in [0, 0.05) is 18.3 Å². The minimum Gasteiger partial charge on any atom is -0.382 e. The van der Waals surface area contributed by atoms with E-state index >= 15 is 0 Å². The smallest absolute Gasteiger partial charge is 0.213 e. The molecule has 1 aromatic rings. The van der Waals surface area contributed by atoms with Crippen LogP contribution in [-0.2, 0) is 20.5 Å². The van der Waals surface area contributed by atoms with E-state index in [9.17, 15) is 8.42 Å². The second-order valence-electron chi connectivity index (χ2n) is 5.05. The summed E-state index contributed by atoms with van der Waals surface area (Å²) in [6.45, 7) is 2.85. The standard InChI is InChI=1S/C13H20N2O3S/c1-10-8-13(6-7-18-10)15-12-4-2-11(3-5-12)9-19(14,16)17/h2-5,10,13,15H,6-9H2,1H3,(H2,14,16,17). The van der Waals surface area contributed by atoms with Crippen LogP contribution >= 0.6 is 0 Å². The number of sulfonamides is 1. The number of hydrogen-bond acceptors (Lipinski definition) is 4. The Balaban J connectivity index is 1.95. The Labute approximate surface area is 114 Å². The minimum atomic E-state index is -3.46. The van der Waals surface area contributed by atoms with Crippen LogP contribution < -0.4 is 10.5 Å². The molecule has 1 heterocycles. The van der Waals surface area contributed by atoms with Gasteiger partial charge in [-0.25, -0.2) is 13.6 Å². The van der Waals surface area contributed by atoms with E-state index in [0.717, 1.165) is 25.1 Å². The van der Waals surface area contributed by atoms with Crippen molar-refractivity contribution < 1.29 is 13.2 Å². The summed E-state index contributed by atoms with van der Waals surface area (Å²) in [5.41, 5.74) is 1.70. The summed E-state index contributed by atoms with van der Waals surface area (Å²) in [5, 5.41) is 8.45. The van der Waals surface area contributed by atoms with Crippen LogP contribution in [-0.4, -0.2) is 27.2 Å². The van der Waals surface area contributed by atoms with E-state index in [1.165, 1.54) is 0 Å². The van der Waals surface area contributed by atoms with Gasteiger partial charge in [0.15, 0.2) is 0 Å². The Morgan fingerprint density at radius 2 is 2.05 bits per heavy atom. The molecule has 0 saturated carbocycles. The predicted octanol–water partition coefficient (Wildman–Crippen LogP) is 1.45.